The first-order valence-corrected chi connectivity index (χ1v) is 6.26. The Bertz CT molecular complexity index is 593. The van der Waals surface area contributed by atoms with E-state index in [0.29, 0.717) is 13.2 Å². The molecule has 1 aromatic heterocycles. The van der Waals surface area contributed by atoms with Gasteiger partial charge in [-0.25, -0.2) is 4.98 Å². The Balaban J connectivity index is 1.90. The minimum absolute atomic E-state index is 0.155. The van der Waals surface area contributed by atoms with Crippen LogP contribution in [-0.2, 0) is 0 Å². The molecule has 0 saturated carbocycles. The Morgan fingerprint density at radius 2 is 2.10 bits per heavy atom. The molecule has 1 N–H and O–H groups in total. The number of hydrogen-bond donors (Lipinski definition) is 1. The van der Waals surface area contributed by atoms with Gasteiger partial charge in [0.2, 0.25) is 5.82 Å². The smallest absolute Gasteiger partial charge is 0.312 e. The number of anilines is 1. The van der Waals surface area contributed by atoms with E-state index in [-0.39, 0.29) is 16.5 Å². The van der Waals surface area contributed by atoms with E-state index in [4.69, 9.17) is 16.3 Å². The number of ether oxygens (including phenoxy) is 1. The van der Waals surface area contributed by atoms with Gasteiger partial charge in [-0.1, -0.05) is 29.8 Å². The second-order valence-corrected chi connectivity index (χ2v) is 4.30. The van der Waals surface area contributed by atoms with Crippen LogP contribution in [0.2, 0.25) is 5.02 Å². The fourth-order valence-electron chi connectivity index (χ4n) is 1.56. The molecule has 2 aromatic rings. The molecule has 20 heavy (non-hydrogen) atoms. The second-order valence-electron chi connectivity index (χ2n) is 3.87. The first-order chi connectivity index (χ1) is 9.66. The van der Waals surface area contributed by atoms with Gasteiger partial charge in [-0.05, 0) is 12.1 Å². The van der Waals surface area contributed by atoms with Crippen molar-refractivity contribution >= 4 is 23.1 Å². The molecule has 2 rings (SSSR count). The average Bonchev–Trinajstić information content (AvgIpc) is 2.45. The van der Waals surface area contributed by atoms with Gasteiger partial charge in [0.25, 0.3) is 0 Å². The standard InChI is InChI=1S/C13H12ClN3O3/c14-10-8-12(17(18)19)13(16-9-10)15-6-7-20-11-4-2-1-3-5-11/h1-5,8-9H,6-7H2,(H,15,16). The minimum Gasteiger partial charge on any atom is -0.492 e. The van der Waals surface area contributed by atoms with Crippen LogP contribution in [0.3, 0.4) is 0 Å². The number of benzene rings is 1. The summed E-state index contributed by atoms with van der Waals surface area (Å²) in [5.74, 6) is 0.920. The maximum absolute atomic E-state index is 10.9. The van der Waals surface area contributed by atoms with E-state index >= 15 is 0 Å². The van der Waals surface area contributed by atoms with Crippen LogP contribution in [0.4, 0.5) is 11.5 Å². The lowest BCUT2D eigenvalue weighted by Crippen LogP contribution is -2.13. The molecule has 0 bridgehead atoms. The summed E-state index contributed by atoms with van der Waals surface area (Å²) in [6.45, 7) is 0.760. The summed E-state index contributed by atoms with van der Waals surface area (Å²) in [5.41, 5.74) is -0.155. The predicted octanol–water partition coefficient (Wildman–Crippen LogP) is 3.13. The molecule has 0 aliphatic rings. The van der Waals surface area contributed by atoms with Crippen molar-refractivity contribution in [3.05, 3.63) is 57.7 Å². The van der Waals surface area contributed by atoms with E-state index in [1.807, 2.05) is 30.3 Å². The number of rotatable bonds is 6. The van der Waals surface area contributed by atoms with Crippen LogP contribution in [0.25, 0.3) is 0 Å². The molecule has 0 aliphatic carbocycles. The lowest BCUT2D eigenvalue weighted by molar-refractivity contribution is -0.384. The Kier molecular flexibility index (Phi) is 4.73. The van der Waals surface area contributed by atoms with Crippen LogP contribution in [0.1, 0.15) is 0 Å². The van der Waals surface area contributed by atoms with Gasteiger partial charge in [0.1, 0.15) is 12.4 Å². The van der Waals surface area contributed by atoms with Crippen LogP contribution in [0, 0.1) is 10.1 Å². The lowest BCUT2D eigenvalue weighted by Gasteiger charge is -2.08. The molecule has 1 aromatic carbocycles. The normalized spacial score (nSPS) is 10.1. The summed E-state index contributed by atoms with van der Waals surface area (Å²) < 4.78 is 5.47. The van der Waals surface area contributed by atoms with Gasteiger partial charge in [0.05, 0.1) is 16.5 Å². The maximum atomic E-state index is 10.9. The van der Waals surface area contributed by atoms with E-state index in [1.54, 1.807) is 0 Å². The minimum atomic E-state index is -0.529. The molecule has 0 radical (unpaired) electrons. The fraction of sp³-hybridized carbons (Fsp3) is 0.154. The molecule has 1 heterocycles. The summed E-state index contributed by atoms with van der Waals surface area (Å²) >= 11 is 5.68. The van der Waals surface area contributed by atoms with Crippen molar-refractivity contribution in [2.24, 2.45) is 0 Å². The molecule has 0 fully saturated rings. The van der Waals surface area contributed by atoms with Crippen LogP contribution >= 0.6 is 11.6 Å². The van der Waals surface area contributed by atoms with Gasteiger partial charge in [0, 0.05) is 12.3 Å². The van der Waals surface area contributed by atoms with Crippen LogP contribution in [0.15, 0.2) is 42.6 Å². The zero-order valence-electron chi connectivity index (χ0n) is 10.5. The average molecular weight is 294 g/mol. The highest BCUT2D eigenvalue weighted by atomic mass is 35.5. The molecule has 6 nitrogen and oxygen atoms in total. The Hall–Kier alpha value is -2.34. The molecule has 0 aliphatic heterocycles. The maximum Gasteiger partial charge on any atom is 0.312 e. The number of aromatic nitrogens is 1. The van der Waals surface area contributed by atoms with Crippen LogP contribution in [0.5, 0.6) is 5.75 Å². The van der Waals surface area contributed by atoms with E-state index in [1.165, 1.54) is 12.3 Å². The summed E-state index contributed by atoms with van der Waals surface area (Å²) in [4.78, 5) is 14.2. The van der Waals surface area contributed by atoms with Crippen molar-refractivity contribution in [1.82, 2.24) is 4.98 Å². The van der Waals surface area contributed by atoms with Crippen molar-refractivity contribution in [2.75, 3.05) is 18.5 Å². The van der Waals surface area contributed by atoms with E-state index in [9.17, 15) is 10.1 Å². The number of hydrogen-bond acceptors (Lipinski definition) is 5. The topological polar surface area (TPSA) is 77.3 Å². The molecular weight excluding hydrogens is 282 g/mol. The monoisotopic (exact) mass is 293 g/mol. The fourth-order valence-corrected chi connectivity index (χ4v) is 1.71. The van der Waals surface area contributed by atoms with Crippen molar-refractivity contribution < 1.29 is 9.66 Å². The summed E-state index contributed by atoms with van der Waals surface area (Å²) in [6, 6.07) is 10.6. The predicted molar refractivity (Wildman–Crippen MR) is 76.3 cm³/mol. The first kappa shape index (κ1) is 14.1. The Morgan fingerprint density at radius 3 is 2.80 bits per heavy atom. The van der Waals surface area contributed by atoms with Gasteiger partial charge in [-0.3, -0.25) is 10.1 Å². The zero-order chi connectivity index (χ0) is 14.4. The number of nitrogens with one attached hydrogen (secondary N) is 1. The molecule has 0 atom stereocenters. The summed E-state index contributed by atoms with van der Waals surface area (Å²) in [7, 11) is 0. The molecule has 104 valence electrons. The van der Waals surface area contributed by atoms with Crippen molar-refractivity contribution in [3.63, 3.8) is 0 Å². The van der Waals surface area contributed by atoms with Gasteiger partial charge in [-0.15, -0.1) is 0 Å². The van der Waals surface area contributed by atoms with Crippen molar-refractivity contribution in [1.29, 1.82) is 0 Å². The second kappa shape index (κ2) is 6.72. The SMILES string of the molecule is O=[N+]([O-])c1cc(Cl)cnc1NCCOc1ccccc1. The molecule has 7 heteroatoms. The lowest BCUT2D eigenvalue weighted by atomic mass is 10.3. The van der Waals surface area contributed by atoms with Crippen LogP contribution < -0.4 is 10.1 Å². The van der Waals surface area contributed by atoms with Crippen LogP contribution in [-0.4, -0.2) is 23.1 Å². The molecule has 0 saturated heterocycles. The Labute approximate surface area is 120 Å². The first-order valence-electron chi connectivity index (χ1n) is 5.88. The number of nitro groups is 1. The van der Waals surface area contributed by atoms with Crippen molar-refractivity contribution in [2.45, 2.75) is 0 Å². The molecule has 0 amide bonds. The number of pyridine rings is 1. The third-order valence-electron chi connectivity index (χ3n) is 2.44. The highest BCUT2D eigenvalue weighted by molar-refractivity contribution is 6.30. The van der Waals surface area contributed by atoms with Gasteiger partial charge < -0.3 is 10.1 Å². The highest BCUT2D eigenvalue weighted by Gasteiger charge is 2.15. The van der Waals surface area contributed by atoms with Crippen molar-refractivity contribution in [3.8, 4) is 5.75 Å². The Morgan fingerprint density at radius 1 is 1.35 bits per heavy atom. The third kappa shape index (κ3) is 3.83. The zero-order valence-corrected chi connectivity index (χ0v) is 11.2. The quantitative estimate of drug-likeness (QED) is 0.503. The number of para-hydroxylation sites is 1. The largest absolute Gasteiger partial charge is 0.492 e. The van der Waals surface area contributed by atoms with Gasteiger partial charge >= 0.3 is 5.69 Å². The van der Waals surface area contributed by atoms with E-state index < -0.39 is 4.92 Å². The van der Waals surface area contributed by atoms with Gasteiger partial charge in [0.15, 0.2) is 0 Å². The summed E-state index contributed by atoms with van der Waals surface area (Å²) in [5, 5.41) is 13.9. The number of nitrogens with zero attached hydrogens (tertiary/aromatic N) is 2. The third-order valence-corrected chi connectivity index (χ3v) is 2.64. The molecule has 0 unspecified atom stereocenters. The van der Waals surface area contributed by atoms with Gasteiger partial charge in [-0.2, -0.15) is 0 Å². The van der Waals surface area contributed by atoms with E-state index in [0.717, 1.165) is 5.75 Å². The molecular formula is C13H12ClN3O3. The highest BCUT2D eigenvalue weighted by Crippen LogP contribution is 2.24. The van der Waals surface area contributed by atoms with E-state index in [2.05, 4.69) is 10.3 Å². The molecule has 0 spiro atoms. The summed E-state index contributed by atoms with van der Waals surface area (Å²) in [6.07, 6.45) is 1.36. The number of halogens is 1.